The van der Waals surface area contributed by atoms with Gasteiger partial charge in [-0.05, 0) is 50.1 Å². The SMILES string of the molecule is Cc1nc2cc(F)ccc2cc1C(=O)NCc1ccc(S(=O)(=O)N2CCCC2)s1. The number of nitrogens with zero attached hydrogens (tertiary/aromatic N) is 2. The number of fused-ring (bicyclic) bond motifs is 1. The molecule has 1 fully saturated rings. The number of benzene rings is 1. The molecular formula is C20H20FN3O3S2. The van der Waals surface area contributed by atoms with Gasteiger partial charge >= 0.3 is 0 Å². The van der Waals surface area contributed by atoms with Crippen molar-refractivity contribution < 1.29 is 17.6 Å². The summed E-state index contributed by atoms with van der Waals surface area (Å²) in [5.74, 6) is -0.683. The minimum absolute atomic E-state index is 0.222. The van der Waals surface area contributed by atoms with E-state index in [1.54, 1.807) is 31.2 Å². The number of sulfonamides is 1. The highest BCUT2D eigenvalue weighted by Gasteiger charge is 2.28. The molecule has 3 aromatic rings. The van der Waals surface area contributed by atoms with Crippen molar-refractivity contribution in [2.75, 3.05) is 13.1 Å². The van der Waals surface area contributed by atoms with E-state index < -0.39 is 10.0 Å². The second kappa shape index (κ2) is 7.81. The first-order valence-electron chi connectivity index (χ1n) is 9.28. The molecule has 1 aliphatic heterocycles. The van der Waals surface area contributed by atoms with E-state index in [1.807, 2.05) is 0 Å². The number of rotatable bonds is 5. The second-order valence-electron chi connectivity index (χ2n) is 6.97. The molecular weight excluding hydrogens is 413 g/mol. The normalized spacial score (nSPS) is 15.1. The van der Waals surface area contributed by atoms with Gasteiger partial charge in [0.05, 0.1) is 23.3 Å². The molecule has 0 aliphatic carbocycles. The van der Waals surface area contributed by atoms with Crippen LogP contribution in [0.4, 0.5) is 4.39 Å². The van der Waals surface area contributed by atoms with E-state index in [0.717, 1.165) is 17.7 Å². The molecule has 1 saturated heterocycles. The van der Waals surface area contributed by atoms with Crippen molar-refractivity contribution in [3.63, 3.8) is 0 Å². The Labute approximate surface area is 172 Å². The molecule has 0 atom stereocenters. The highest BCUT2D eigenvalue weighted by atomic mass is 32.2. The molecule has 0 radical (unpaired) electrons. The summed E-state index contributed by atoms with van der Waals surface area (Å²) in [7, 11) is -3.44. The minimum atomic E-state index is -3.44. The summed E-state index contributed by atoms with van der Waals surface area (Å²) >= 11 is 1.17. The first kappa shape index (κ1) is 19.9. The first-order valence-corrected chi connectivity index (χ1v) is 11.5. The molecule has 1 N–H and O–H groups in total. The molecule has 6 nitrogen and oxygen atoms in total. The minimum Gasteiger partial charge on any atom is -0.347 e. The Morgan fingerprint density at radius 2 is 1.97 bits per heavy atom. The Hall–Kier alpha value is -2.36. The van der Waals surface area contributed by atoms with Gasteiger partial charge in [0.25, 0.3) is 15.9 Å². The number of thiophene rings is 1. The molecule has 0 saturated carbocycles. The van der Waals surface area contributed by atoms with Gasteiger partial charge in [-0.25, -0.2) is 12.8 Å². The molecule has 1 amide bonds. The van der Waals surface area contributed by atoms with Gasteiger partial charge in [0, 0.05) is 29.4 Å². The van der Waals surface area contributed by atoms with Gasteiger partial charge in [-0.3, -0.25) is 9.78 Å². The quantitative estimate of drug-likeness (QED) is 0.668. The Morgan fingerprint density at radius 1 is 1.21 bits per heavy atom. The zero-order valence-corrected chi connectivity index (χ0v) is 17.4. The molecule has 0 unspecified atom stereocenters. The fourth-order valence-corrected chi connectivity index (χ4v) is 6.34. The molecule has 0 bridgehead atoms. The van der Waals surface area contributed by atoms with Crippen LogP contribution >= 0.6 is 11.3 Å². The lowest BCUT2D eigenvalue weighted by Crippen LogP contribution is -2.27. The van der Waals surface area contributed by atoms with Crippen LogP contribution in [0.1, 0.15) is 33.8 Å². The van der Waals surface area contributed by atoms with Crippen LogP contribution in [-0.2, 0) is 16.6 Å². The van der Waals surface area contributed by atoms with Crippen molar-refractivity contribution in [2.24, 2.45) is 0 Å². The van der Waals surface area contributed by atoms with E-state index in [2.05, 4.69) is 10.3 Å². The van der Waals surface area contributed by atoms with Gasteiger partial charge in [0.1, 0.15) is 10.0 Å². The van der Waals surface area contributed by atoms with Crippen molar-refractivity contribution in [3.8, 4) is 0 Å². The van der Waals surface area contributed by atoms with Gasteiger partial charge in [-0.2, -0.15) is 4.31 Å². The van der Waals surface area contributed by atoms with Crippen LogP contribution in [0, 0.1) is 12.7 Å². The number of nitrogens with one attached hydrogen (secondary N) is 1. The Balaban J connectivity index is 1.48. The van der Waals surface area contributed by atoms with Gasteiger partial charge in [0.2, 0.25) is 0 Å². The summed E-state index contributed by atoms with van der Waals surface area (Å²) in [6, 6.07) is 9.25. The Bertz CT molecular complexity index is 1180. The molecule has 29 heavy (non-hydrogen) atoms. The number of halogens is 1. The fraction of sp³-hybridized carbons (Fsp3) is 0.300. The average Bonchev–Trinajstić information content (AvgIpc) is 3.38. The third-order valence-corrected chi connectivity index (χ3v) is 8.39. The average molecular weight is 434 g/mol. The number of hydrogen-bond donors (Lipinski definition) is 1. The third-order valence-electron chi connectivity index (χ3n) is 4.93. The van der Waals surface area contributed by atoms with Crippen molar-refractivity contribution in [1.82, 2.24) is 14.6 Å². The summed E-state index contributed by atoms with van der Waals surface area (Å²) in [4.78, 5) is 17.7. The zero-order valence-electron chi connectivity index (χ0n) is 15.8. The molecule has 0 spiro atoms. The summed E-state index contributed by atoms with van der Waals surface area (Å²) < 4.78 is 40.4. The molecule has 1 aliphatic rings. The highest BCUT2D eigenvalue weighted by molar-refractivity contribution is 7.91. The number of hydrogen-bond acceptors (Lipinski definition) is 5. The Morgan fingerprint density at radius 3 is 2.72 bits per heavy atom. The largest absolute Gasteiger partial charge is 0.347 e. The first-order chi connectivity index (χ1) is 13.8. The van der Waals surface area contributed by atoms with Gasteiger partial charge in [0.15, 0.2) is 0 Å². The van der Waals surface area contributed by atoms with Crippen molar-refractivity contribution in [2.45, 2.75) is 30.5 Å². The van der Waals surface area contributed by atoms with Crippen LogP contribution in [0.25, 0.3) is 10.9 Å². The number of carbonyl (C=O) groups is 1. The van der Waals surface area contributed by atoms with E-state index in [4.69, 9.17) is 0 Å². The standard InChI is InChI=1S/C20H20FN3O3S2/c1-13-17(10-14-4-5-15(21)11-18(14)23-13)20(25)22-12-16-6-7-19(28-16)29(26,27)24-8-2-3-9-24/h4-7,10-11H,2-3,8-9,12H2,1H3,(H,22,25). The number of carbonyl (C=O) groups excluding carboxylic acids is 1. The molecule has 9 heteroatoms. The number of aryl methyl sites for hydroxylation is 1. The lowest BCUT2D eigenvalue weighted by atomic mass is 10.1. The summed E-state index contributed by atoms with van der Waals surface area (Å²) in [5, 5.41) is 3.49. The maximum Gasteiger partial charge on any atom is 0.253 e. The predicted octanol–water partition coefficient (Wildman–Crippen LogP) is 3.46. The zero-order chi connectivity index (χ0) is 20.6. The number of amides is 1. The lowest BCUT2D eigenvalue weighted by molar-refractivity contribution is 0.0950. The molecule has 2 aromatic heterocycles. The van der Waals surface area contributed by atoms with Gasteiger partial charge < -0.3 is 5.32 Å². The third kappa shape index (κ3) is 4.03. The second-order valence-corrected chi connectivity index (χ2v) is 10.3. The van der Waals surface area contributed by atoms with Crippen molar-refractivity contribution >= 4 is 38.2 Å². The molecule has 1 aromatic carbocycles. The van der Waals surface area contributed by atoms with Crippen LogP contribution in [-0.4, -0.2) is 36.7 Å². The van der Waals surface area contributed by atoms with Crippen LogP contribution in [0.5, 0.6) is 0 Å². The van der Waals surface area contributed by atoms with E-state index in [-0.39, 0.29) is 18.3 Å². The fourth-order valence-electron chi connectivity index (χ4n) is 3.38. The van der Waals surface area contributed by atoms with Crippen molar-refractivity contribution in [3.05, 3.63) is 58.3 Å². The van der Waals surface area contributed by atoms with E-state index in [1.165, 1.54) is 27.8 Å². The number of pyridine rings is 1. The van der Waals surface area contributed by atoms with Crippen LogP contribution in [0.2, 0.25) is 0 Å². The van der Waals surface area contributed by atoms with Crippen LogP contribution < -0.4 is 5.32 Å². The summed E-state index contributed by atoms with van der Waals surface area (Å²) in [6.45, 7) is 3.04. The van der Waals surface area contributed by atoms with Gasteiger partial charge in [-0.1, -0.05) is 0 Å². The van der Waals surface area contributed by atoms with E-state index in [0.29, 0.717) is 39.5 Å². The smallest absolute Gasteiger partial charge is 0.253 e. The maximum atomic E-state index is 13.4. The Kier molecular flexibility index (Phi) is 5.37. The number of aromatic nitrogens is 1. The molecule has 3 heterocycles. The molecule has 4 rings (SSSR count). The van der Waals surface area contributed by atoms with E-state index >= 15 is 0 Å². The van der Waals surface area contributed by atoms with Gasteiger partial charge in [-0.15, -0.1) is 11.3 Å². The van der Waals surface area contributed by atoms with E-state index in [9.17, 15) is 17.6 Å². The topological polar surface area (TPSA) is 79.4 Å². The van der Waals surface area contributed by atoms with Crippen LogP contribution in [0.15, 0.2) is 40.6 Å². The lowest BCUT2D eigenvalue weighted by Gasteiger charge is -2.13. The summed E-state index contributed by atoms with van der Waals surface area (Å²) in [6.07, 6.45) is 1.78. The molecule has 152 valence electrons. The van der Waals surface area contributed by atoms with Crippen LogP contribution in [0.3, 0.4) is 0 Å². The summed E-state index contributed by atoms with van der Waals surface area (Å²) in [5.41, 5.74) is 1.41. The maximum absolute atomic E-state index is 13.4. The highest BCUT2D eigenvalue weighted by Crippen LogP contribution is 2.27. The van der Waals surface area contributed by atoms with Crippen molar-refractivity contribution in [1.29, 1.82) is 0 Å². The monoisotopic (exact) mass is 433 g/mol. The predicted molar refractivity (Wildman–Crippen MR) is 110 cm³/mol.